The van der Waals surface area contributed by atoms with Gasteiger partial charge in [0, 0.05) is 6.61 Å². The standard InChI is InChI=1S/C6H6N2OS2/c7-3-10-5-1-2-9-6(5)11-4-8/h5-6H,1-2H2. The third kappa shape index (κ3) is 2.30. The molecule has 1 heterocycles. The van der Waals surface area contributed by atoms with Crippen molar-refractivity contribution in [3.05, 3.63) is 0 Å². The molecule has 5 heteroatoms. The second-order valence-corrected chi connectivity index (χ2v) is 3.89. The summed E-state index contributed by atoms with van der Waals surface area (Å²) in [4.78, 5) is 0. The van der Waals surface area contributed by atoms with Gasteiger partial charge in [-0.2, -0.15) is 10.5 Å². The smallest absolute Gasteiger partial charge is 0.136 e. The van der Waals surface area contributed by atoms with Crippen molar-refractivity contribution in [2.45, 2.75) is 17.1 Å². The Morgan fingerprint density at radius 2 is 2.00 bits per heavy atom. The van der Waals surface area contributed by atoms with Crippen LogP contribution < -0.4 is 0 Å². The van der Waals surface area contributed by atoms with E-state index < -0.39 is 0 Å². The van der Waals surface area contributed by atoms with Gasteiger partial charge in [-0.15, -0.1) is 0 Å². The summed E-state index contributed by atoms with van der Waals surface area (Å²) < 4.78 is 5.23. The molecule has 0 radical (unpaired) electrons. The lowest BCUT2D eigenvalue weighted by atomic mass is 10.4. The number of thiocyanates is 2. The summed E-state index contributed by atoms with van der Waals surface area (Å²) in [5, 5.41) is 20.9. The molecule has 0 aliphatic carbocycles. The van der Waals surface area contributed by atoms with Crippen molar-refractivity contribution in [2.24, 2.45) is 0 Å². The molecule has 58 valence electrons. The van der Waals surface area contributed by atoms with Crippen LogP contribution in [0.3, 0.4) is 0 Å². The van der Waals surface area contributed by atoms with Gasteiger partial charge in [0.15, 0.2) is 0 Å². The van der Waals surface area contributed by atoms with Crippen molar-refractivity contribution in [1.29, 1.82) is 10.5 Å². The second kappa shape index (κ2) is 4.50. The van der Waals surface area contributed by atoms with Gasteiger partial charge in [-0.3, -0.25) is 0 Å². The van der Waals surface area contributed by atoms with Crippen LogP contribution in [0.5, 0.6) is 0 Å². The summed E-state index contributed by atoms with van der Waals surface area (Å²) in [5.41, 5.74) is -0.107. The Balaban J connectivity index is 2.40. The molecule has 1 rings (SSSR count). The van der Waals surface area contributed by atoms with Crippen LogP contribution in [-0.4, -0.2) is 17.3 Å². The lowest BCUT2D eigenvalue weighted by Gasteiger charge is -2.08. The highest BCUT2D eigenvalue weighted by molar-refractivity contribution is 8.08. The Kier molecular flexibility index (Phi) is 3.58. The van der Waals surface area contributed by atoms with E-state index in [1.807, 2.05) is 10.8 Å². The minimum absolute atomic E-state index is 0.107. The van der Waals surface area contributed by atoms with Crippen molar-refractivity contribution >= 4 is 23.5 Å². The van der Waals surface area contributed by atoms with E-state index in [1.54, 1.807) is 0 Å². The van der Waals surface area contributed by atoms with Gasteiger partial charge in [0.1, 0.15) is 16.2 Å². The lowest BCUT2D eigenvalue weighted by Crippen LogP contribution is -2.12. The van der Waals surface area contributed by atoms with Crippen LogP contribution in [0.2, 0.25) is 0 Å². The molecule has 3 nitrogen and oxygen atoms in total. The molecule has 1 saturated heterocycles. The topological polar surface area (TPSA) is 56.8 Å². The van der Waals surface area contributed by atoms with Crippen LogP contribution in [0.1, 0.15) is 6.42 Å². The fraction of sp³-hybridized carbons (Fsp3) is 0.667. The van der Waals surface area contributed by atoms with Crippen molar-refractivity contribution in [1.82, 2.24) is 0 Å². The number of rotatable bonds is 2. The lowest BCUT2D eigenvalue weighted by molar-refractivity contribution is 0.175. The Bertz CT molecular complexity index is 186. The van der Waals surface area contributed by atoms with Gasteiger partial charge >= 0.3 is 0 Å². The minimum Gasteiger partial charge on any atom is -0.365 e. The average Bonchev–Trinajstić information content (AvgIpc) is 2.39. The first-order valence-corrected chi connectivity index (χ1v) is 4.85. The number of ether oxygens (including phenoxy) is 1. The molecule has 0 bridgehead atoms. The van der Waals surface area contributed by atoms with Gasteiger partial charge < -0.3 is 4.74 Å². The van der Waals surface area contributed by atoms with Crippen LogP contribution >= 0.6 is 23.5 Å². The summed E-state index contributed by atoms with van der Waals surface area (Å²) in [6.07, 6.45) is 0.873. The quantitative estimate of drug-likeness (QED) is 0.612. The normalized spacial score (nSPS) is 29.3. The van der Waals surface area contributed by atoms with E-state index in [-0.39, 0.29) is 10.7 Å². The molecule has 2 atom stereocenters. The highest BCUT2D eigenvalue weighted by atomic mass is 32.2. The number of nitriles is 2. The summed E-state index contributed by atoms with van der Waals surface area (Å²) >= 11 is 2.29. The van der Waals surface area contributed by atoms with Gasteiger partial charge in [-0.1, -0.05) is 0 Å². The Labute approximate surface area is 73.7 Å². The SMILES string of the molecule is N#CSC1CCOC1SC#N. The summed E-state index contributed by atoms with van der Waals surface area (Å²) in [7, 11) is 0. The van der Waals surface area contributed by atoms with Gasteiger partial charge in [-0.05, 0) is 29.9 Å². The Hall–Kier alpha value is -0.360. The molecule has 2 unspecified atom stereocenters. The molecule has 0 spiro atoms. The zero-order valence-electron chi connectivity index (χ0n) is 5.69. The summed E-state index contributed by atoms with van der Waals surface area (Å²) in [5.74, 6) is 0. The molecule has 1 fully saturated rings. The summed E-state index contributed by atoms with van der Waals surface area (Å²) in [6.45, 7) is 0.665. The molecule has 1 aliphatic rings. The molecular formula is C6H6N2OS2. The van der Waals surface area contributed by atoms with E-state index in [0.29, 0.717) is 6.61 Å². The van der Waals surface area contributed by atoms with E-state index in [4.69, 9.17) is 15.3 Å². The zero-order valence-corrected chi connectivity index (χ0v) is 7.32. The maximum absolute atomic E-state index is 8.38. The molecule has 11 heavy (non-hydrogen) atoms. The number of hydrogen-bond acceptors (Lipinski definition) is 5. The van der Waals surface area contributed by atoms with Crippen LogP contribution in [0.4, 0.5) is 0 Å². The Morgan fingerprint density at radius 3 is 2.64 bits per heavy atom. The maximum atomic E-state index is 8.38. The summed E-state index contributed by atoms with van der Waals surface area (Å²) in [6, 6.07) is 0. The molecule has 0 aromatic heterocycles. The molecule has 0 amide bonds. The van der Waals surface area contributed by atoms with Crippen LogP contribution in [0, 0.1) is 21.3 Å². The largest absolute Gasteiger partial charge is 0.365 e. The molecule has 0 aromatic rings. The molecule has 1 aliphatic heterocycles. The fourth-order valence-corrected chi connectivity index (χ4v) is 2.32. The first-order chi connectivity index (χ1) is 5.38. The minimum atomic E-state index is -0.107. The predicted octanol–water partition coefficient (Wildman–Crippen LogP) is 1.53. The van der Waals surface area contributed by atoms with Gasteiger partial charge in [0.2, 0.25) is 0 Å². The molecule has 0 aromatic carbocycles. The van der Waals surface area contributed by atoms with Crippen LogP contribution in [0.15, 0.2) is 0 Å². The molecule has 0 N–H and O–H groups in total. The highest BCUT2D eigenvalue weighted by Crippen LogP contribution is 2.31. The van der Waals surface area contributed by atoms with Crippen molar-refractivity contribution in [2.75, 3.05) is 6.61 Å². The molecular weight excluding hydrogens is 180 g/mol. The zero-order chi connectivity index (χ0) is 8.10. The first-order valence-electron chi connectivity index (χ1n) is 3.09. The second-order valence-electron chi connectivity index (χ2n) is 1.98. The van der Waals surface area contributed by atoms with E-state index in [0.717, 1.165) is 18.2 Å². The van der Waals surface area contributed by atoms with Crippen molar-refractivity contribution in [3.8, 4) is 10.8 Å². The van der Waals surface area contributed by atoms with Crippen LogP contribution in [0.25, 0.3) is 0 Å². The van der Waals surface area contributed by atoms with Crippen molar-refractivity contribution in [3.63, 3.8) is 0 Å². The fourth-order valence-electron chi connectivity index (χ4n) is 0.888. The maximum Gasteiger partial charge on any atom is 0.136 e. The van der Waals surface area contributed by atoms with Gasteiger partial charge in [0.25, 0.3) is 0 Å². The van der Waals surface area contributed by atoms with Crippen molar-refractivity contribution < 1.29 is 4.74 Å². The number of thioether (sulfide) groups is 2. The van der Waals surface area contributed by atoms with Gasteiger partial charge in [0.05, 0.1) is 5.25 Å². The van der Waals surface area contributed by atoms with E-state index in [9.17, 15) is 0 Å². The van der Waals surface area contributed by atoms with Gasteiger partial charge in [-0.25, -0.2) is 0 Å². The highest BCUT2D eigenvalue weighted by Gasteiger charge is 2.29. The third-order valence-electron chi connectivity index (χ3n) is 1.36. The Morgan fingerprint density at radius 1 is 1.27 bits per heavy atom. The predicted molar refractivity (Wildman–Crippen MR) is 44.6 cm³/mol. The van der Waals surface area contributed by atoms with E-state index >= 15 is 0 Å². The number of hydrogen-bond donors (Lipinski definition) is 0. The van der Waals surface area contributed by atoms with E-state index in [1.165, 1.54) is 11.8 Å². The third-order valence-corrected chi connectivity index (χ3v) is 3.23. The number of nitrogens with zero attached hydrogens (tertiary/aromatic N) is 2. The monoisotopic (exact) mass is 186 g/mol. The average molecular weight is 186 g/mol. The van der Waals surface area contributed by atoms with Crippen LogP contribution in [-0.2, 0) is 4.74 Å². The van der Waals surface area contributed by atoms with E-state index in [2.05, 4.69) is 0 Å². The first kappa shape index (κ1) is 8.73. The molecule has 0 saturated carbocycles.